The van der Waals surface area contributed by atoms with E-state index in [4.69, 9.17) is 0 Å². The lowest BCUT2D eigenvalue weighted by Crippen LogP contribution is -1.89. The summed E-state index contributed by atoms with van der Waals surface area (Å²) in [4.78, 5) is 0. The predicted octanol–water partition coefficient (Wildman–Crippen LogP) is 6.39. The molecule has 0 heteroatoms. The van der Waals surface area contributed by atoms with Crippen LogP contribution < -0.4 is 0 Å². The lowest BCUT2D eigenvalue weighted by Gasteiger charge is -2.13. The van der Waals surface area contributed by atoms with Gasteiger partial charge >= 0.3 is 0 Å². The van der Waals surface area contributed by atoms with Crippen LogP contribution in [0.4, 0.5) is 0 Å². The first-order valence-electron chi connectivity index (χ1n) is 8.51. The molecular formula is C24H18. The highest BCUT2D eigenvalue weighted by Crippen LogP contribution is 2.44. The monoisotopic (exact) mass is 306 g/mol. The number of hydrogen-bond donors (Lipinski definition) is 0. The van der Waals surface area contributed by atoms with E-state index >= 15 is 0 Å². The van der Waals surface area contributed by atoms with E-state index in [9.17, 15) is 0 Å². The summed E-state index contributed by atoms with van der Waals surface area (Å²) in [7, 11) is 0. The van der Waals surface area contributed by atoms with Crippen molar-refractivity contribution in [2.24, 2.45) is 0 Å². The summed E-state index contributed by atoms with van der Waals surface area (Å²) in [5.74, 6) is 0. The molecule has 0 bridgehead atoms. The molecule has 24 heavy (non-hydrogen) atoms. The minimum atomic E-state index is 1.04. The summed E-state index contributed by atoms with van der Waals surface area (Å²) in [5.41, 5.74) is 9.66. The molecule has 0 aromatic heterocycles. The van der Waals surface area contributed by atoms with Gasteiger partial charge in [0.15, 0.2) is 0 Å². The third-order valence-corrected chi connectivity index (χ3v) is 5.16. The third kappa shape index (κ3) is 1.93. The summed E-state index contributed by atoms with van der Waals surface area (Å²) >= 11 is 0. The molecule has 0 saturated heterocycles. The van der Waals surface area contributed by atoms with Gasteiger partial charge in [-0.3, -0.25) is 0 Å². The predicted molar refractivity (Wildman–Crippen MR) is 102 cm³/mol. The first kappa shape index (κ1) is 13.6. The standard InChI is InChI=1S/C24H18/c1-16-7-6-9-17(13-16)22-15-24-19-10-3-2-8-18(19)14-23(24)21-12-5-4-11-20(21)22/h2-13,15H,14H2,1H3. The fraction of sp³-hybridized carbons (Fsp3) is 0.0833. The van der Waals surface area contributed by atoms with Crippen LogP contribution in [0.2, 0.25) is 0 Å². The molecule has 0 unspecified atom stereocenters. The second-order valence-electron chi connectivity index (χ2n) is 6.70. The summed E-state index contributed by atoms with van der Waals surface area (Å²) in [6, 6.07) is 28.9. The van der Waals surface area contributed by atoms with Crippen molar-refractivity contribution < 1.29 is 0 Å². The van der Waals surface area contributed by atoms with Crippen molar-refractivity contribution in [1.82, 2.24) is 0 Å². The second-order valence-corrected chi connectivity index (χ2v) is 6.70. The highest BCUT2D eigenvalue weighted by atomic mass is 14.3. The highest BCUT2D eigenvalue weighted by Gasteiger charge is 2.22. The Kier molecular flexibility index (Phi) is 2.87. The Morgan fingerprint density at radius 2 is 1.42 bits per heavy atom. The maximum atomic E-state index is 2.40. The molecule has 0 saturated carbocycles. The molecule has 0 radical (unpaired) electrons. The van der Waals surface area contributed by atoms with Crippen LogP contribution in [0.1, 0.15) is 16.7 Å². The zero-order chi connectivity index (χ0) is 16.1. The molecule has 114 valence electrons. The van der Waals surface area contributed by atoms with Crippen LogP contribution in [0.5, 0.6) is 0 Å². The van der Waals surface area contributed by atoms with Gasteiger partial charge in [0.05, 0.1) is 0 Å². The number of fused-ring (bicyclic) bond motifs is 5. The molecule has 0 fully saturated rings. The molecule has 1 aliphatic carbocycles. The second kappa shape index (κ2) is 5.07. The van der Waals surface area contributed by atoms with Crippen molar-refractivity contribution in [3.63, 3.8) is 0 Å². The Morgan fingerprint density at radius 3 is 2.29 bits per heavy atom. The van der Waals surface area contributed by atoms with E-state index in [2.05, 4.69) is 85.8 Å². The first-order chi connectivity index (χ1) is 11.8. The van der Waals surface area contributed by atoms with Crippen LogP contribution in [-0.2, 0) is 6.42 Å². The van der Waals surface area contributed by atoms with Crippen LogP contribution >= 0.6 is 0 Å². The van der Waals surface area contributed by atoms with E-state index in [0.717, 1.165) is 6.42 Å². The maximum absolute atomic E-state index is 2.40. The van der Waals surface area contributed by atoms with Gasteiger partial charge < -0.3 is 0 Å². The lowest BCUT2D eigenvalue weighted by atomic mass is 9.91. The van der Waals surface area contributed by atoms with Crippen molar-refractivity contribution in [3.8, 4) is 22.3 Å². The summed E-state index contributed by atoms with van der Waals surface area (Å²) in [5, 5.41) is 2.75. The fourth-order valence-corrected chi connectivity index (χ4v) is 4.05. The van der Waals surface area contributed by atoms with Gasteiger partial charge in [-0.15, -0.1) is 0 Å². The average Bonchev–Trinajstić information content (AvgIpc) is 3.00. The topological polar surface area (TPSA) is 0 Å². The van der Waals surface area contributed by atoms with Crippen molar-refractivity contribution in [3.05, 3.63) is 95.6 Å². The van der Waals surface area contributed by atoms with E-state index in [0.29, 0.717) is 0 Å². The summed E-state index contributed by atoms with van der Waals surface area (Å²) in [6.45, 7) is 2.16. The van der Waals surface area contributed by atoms with E-state index in [1.165, 1.54) is 49.7 Å². The number of aryl methyl sites for hydroxylation is 1. The molecule has 0 spiro atoms. The number of hydrogen-bond acceptors (Lipinski definition) is 0. The molecule has 4 aromatic carbocycles. The van der Waals surface area contributed by atoms with Crippen molar-refractivity contribution in [1.29, 1.82) is 0 Å². The van der Waals surface area contributed by atoms with E-state index in [1.54, 1.807) is 0 Å². The number of rotatable bonds is 1. The van der Waals surface area contributed by atoms with Crippen LogP contribution in [0, 0.1) is 6.92 Å². The highest BCUT2D eigenvalue weighted by molar-refractivity contribution is 6.04. The van der Waals surface area contributed by atoms with Gasteiger partial charge in [-0.25, -0.2) is 0 Å². The van der Waals surface area contributed by atoms with E-state index < -0.39 is 0 Å². The molecular weight excluding hydrogens is 288 g/mol. The van der Waals surface area contributed by atoms with Crippen LogP contribution in [0.15, 0.2) is 78.9 Å². The van der Waals surface area contributed by atoms with Crippen molar-refractivity contribution in [2.45, 2.75) is 13.3 Å². The molecule has 0 atom stereocenters. The first-order valence-corrected chi connectivity index (χ1v) is 8.51. The Bertz CT molecular complexity index is 1090. The molecule has 0 nitrogen and oxygen atoms in total. The summed E-state index contributed by atoms with van der Waals surface area (Å²) < 4.78 is 0. The van der Waals surface area contributed by atoms with E-state index in [1.807, 2.05) is 0 Å². The quantitative estimate of drug-likeness (QED) is 0.337. The fourth-order valence-electron chi connectivity index (χ4n) is 4.05. The third-order valence-electron chi connectivity index (χ3n) is 5.16. The van der Waals surface area contributed by atoms with Gasteiger partial charge in [0.1, 0.15) is 0 Å². The molecule has 0 amide bonds. The molecule has 0 aliphatic heterocycles. The Morgan fingerprint density at radius 1 is 0.625 bits per heavy atom. The normalized spacial score (nSPS) is 12.2. The average molecular weight is 306 g/mol. The molecule has 1 aliphatic rings. The molecule has 0 heterocycles. The van der Waals surface area contributed by atoms with E-state index in [-0.39, 0.29) is 0 Å². The smallest absolute Gasteiger partial charge is 0.000728 e. The lowest BCUT2D eigenvalue weighted by molar-refractivity contribution is 1.28. The largest absolute Gasteiger partial charge is 0.0619 e. The molecule has 0 N–H and O–H groups in total. The number of benzene rings is 4. The van der Waals surface area contributed by atoms with Gasteiger partial charge in [0.2, 0.25) is 0 Å². The molecule has 4 aromatic rings. The Hall–Kier alpha value is -2.86. The van der Waals surface area contributed by atoms with Gasteiger partial charge in [-0.05, 0) is 63.6 Å². The van der Waals surface area contributed by atoms with Gasteiger partial charge in [-0.2, -0.15) is 0 Å². The summed E-state index contributed by atoms with van der Waals surface area (Å²) in [6.07, 6.45) is 1.04. The van der Waals surface area contributed by atoms with Crippen LogP contribution in [0.25, 0.3) is 33.0 Å². The van der Waals surface area contributed by atoms with Gasteiger partial charge in [-0.1, -0.05) is 78.4 Å². The zero-order valence-corrected chi connectivity index (χ0v) is 13.7. The van der Waals surface area contributed by atoms with Crippen molar-refractivity contribution in [2.75, 3.05) is 0 Å². The minimum absolute atomic E-state index is 1.04. The van der Waals surface area contributed by atoms with Crippen LogP contribution in [0.3, 0.4) is 0 Å². The van der Waals surface area contributed by atoms with Gasteiger partial charge in [0.25, 0.3) is 0 Å². The van der Waals surface area contributed by atoms with Crippen molar-refractivity contribution >= 4 is 10.8 Å². The van der Waals surface area contributed by atoms with Crippen LogP contribution in [-0.4, -0.2) is 0 Å². The molecule has 5 rings (SSSR count). The maximum Gasteiger partial charge on any atom is -0.000728 e. The SMILES string of the molecule is Cc1cccc(-c2cc3c(c4ccccc24)Cc2ccccc2-3)c1. The van der Waals surface area contributed by atoms with Gasteiger partial charge in [0, 0.05) is 0 Å². The Labute approximate surface area is 142 Å². The Balaban J connectivity index is 1.88. The zero-order valence-electron chi connectivity index (χ0n) is 13.7. The minimum Gasteiger partial charge on any atom is -0.0619 e.